The molecule has 188 valence electrons. The van der Waals surface area contributed by atoms with Crippen molar-refractivity contribution >= 4 is 23.4 Å². The van der Waals surface area contributed by atoms with E-state index in [9.17, 15) is 9.59 Å². The van der Waals surface area contributed by atoms with Crippen molar-refractivity contribution in [1.29, 1.82) is 0 Å². The van der Waals surface area contributed by atoms with Crippen molar-refractivity contribution in [2.45, 2.75) is 46.3 Å². The van der Waals surface area contributed by atoms with Crippen LogP contribution in [0.25, 0.3) is 6.08 Å². The van der Waals surface area contributed by atoms with Gasteiger partial charge < -0.3 is 14.2 Å². The van der Waals surface area contributed by atoms with Crippen molar-refractivity contribution in [3.05, 3.63) is 90.6 Å². The number of esters is 1. The summed E-state index contributed by atoms with van der Waals surface area (Å²) in [6, 6.07) is 14.5. The molecule has 36 heavy (non-hydrogen) atoms. The first-order chi connectivity index (χ1) is 17.4. The van der Waals surface area contributed by atoms with Crippen molar-refractivity contribution in [1.82, 2.24) is 4.57 Å². The highest BCUT2D eigenvalue weighted by atomic mass is 32.1. The third-order valence-electron chi connectivity index (χ3n) is 6.01. The Balaban J connectivity index is 1.85. The topological polar surface area (TPSA) is 79.1 Å². The predicted octanol–water partition coefficient (Wildman–Crippen LogP) is 3.98. The Morgan fingerprint density at radius 1 is 1.17 bits per heavy atom. The maximum Gasteiger partial charge on any atom is 0.338 e. The lowest BCUT2D eigenvalue weighted by molar-refractivity contribution is -0.136. The smallest absolute Gasteiger partial charge is 0.338 e. The molecule has 1 aromatic heterocycles. The third-order valence-corrected chi connectivity index (χ3v) is 6.99. The molecule has 2 aromatic carbocycles. The Labute approximate surface area is 214 Å². The molecule has 2 unspecified atom stereocenters. The van der Waals surface area contributed by atoms with Crippen LogP contribution < -0.4 is 24.4 Å². The number of ether oxygens (including phenoxy) is 3. The van der Waals surface area contributed by atoms with E-state index in [1.54, 1.807) is 11.5 Å². The van der Waals surface area contributed by atoms with Gasteiger partial charge in [-0.3, -0.25) is 9.36 Å². The molecular weight excluding hydrogens is 476 g/mol. The molecule has 2 heterocycles. The summed E-state index contributed by atoms with van der Waals surface area (Å²) in [5.74, 6) is 0.801. The van der Waals surface area contributed by atoms with Crippen LogP contribution in [0.3, 0.4) is 0 Å². The molecular formula is C28H30N2O5S. The molecule has 0 saturated heterocycles. The monoisotopic (exact) mass is 506 g/mol. The minimum absolute atomic E-state index is 0.0592. The molecule has 3 aromatic rings. The number of methoxy groups -OCH3 is 1. The molecule has 0 saturated carbocycles. The second-order valence-corrected chi connectivity index (χ2v) is 9.47. The van der Waals surface area contributed by atoms with Crippen LogP contribution in [0.2, 0.25) is 0 Å². The molecule has 0 fully saturated rings. The standard InChI is InChI=1S/C28H30N2O5S/c1-6-17(3)35-21-14-13-19(15-22(21)34-7-2)16-23-26(31)30-25(20-11-9-8-10-12-20)24(27(32)33-5)18(4)29-28(30)36-23/h8-17,25H,6-7H2,1-5H3. The number of carbonyl (C=O) groups excluding carboxylic acids is 1. The number of aromatic nitrogens is 1. The number of fused-ring (bicyclic) bond motifs is 1. The number of benzene rings is 2. The van der Waals surface area contributed by atoms with E-state index < -0.39 is 12.0 Å². The lowest BCUT2D eigenvalue weighted by atomic mass is 9.96. The zero-order chi connectivity index (χ0) is 25.8. The van der Waals surface area contributed by atoms with E-state index in [0.29, 0.717) is 38.7 Å². The van der Waals surface area contributed by atoms with Crippen LogP contribution in [0.15, 0.2) is 69.6 Å². The highest BCUT2D eigenvalue weighted by Crippen LogP contribution is 2.31. The van der Waals surface area contributed by atoms with E-state index in [0.717, 1.165) is 17.5 Å². The Hall–Kier alpha value is -3.65. The van der Waals surface area contributed by atoms with E-state index in [1.807, 2.05) is 68.5 Å². The van der Waals surface area contributed by atoms with Gasteiger partial charge in [0.15, 0.2) is 16.3 Å². The molecule has 0 amide bonds. The number of carbonyl (C=O) groups is 1. The van der Waals surface area contributed by atoms with Gasteiger partial charge >= 0.3 is 5.97 Å². The second-order valence-electron chi connectivity index (χ2n) is 8.46. The van der Waals surface area contributed by atoms with Crippen LogP contribution >= 0.6 is 11.3 Å². The molecule has 0 radical (unpaired) electrons. The predicted molar refractivity (Wildman–Crippen MR) is 140 cm³/mol. The van der Waals surface area contributed by atoms with Crippen molar-refractivity contribution in [3.63, 3.8) is 0 Å². The quantitative estimate of drug-likeness (QED) is 0.432. The highest BCUT2D eigenvalue weighted by Gasteiger charge is 2.32. The maximum absolute atomic E-state index is 13.7. The summed E-state index contributed by atoms with van der Waals surface area (Å²) in [5.41, 5.74) is 2.28. The molecule has 7 nitrogen and oxygen atoms in total. The highest BCUT2D eigenvalue weighted by molar-refractivity contribution is 7.07. The van der Waals surface area contributed by atoms with Gasteiger partial charge in [-0.15, -0.1) is 0 Å². The molecule has 2 atom stereocenters. The summed E-state index contributed by atoms with van der Waals surface area (Å²) in [4.78, 5) is 31.5. The Kier molecular flexibility index (Phi) is 7.74. The van der Waals surface area contributed by atoms with Gasteiger partial charge in [0.25, 0.3) is 5.56 Å². The van der Waals surface area contributed by atoms with Gasteiger partial charge in [-0.05, 0) is 56.5 Å². The molecule has 1 aliphatic heterocycles. The van der Waals surface area contributed by atoms with Gasteiger partial charge in [0.05, 0.1) is 41.7 Å². The lowest BCUT2D eigenvalue weighted by Crippen LogP contribution is -2.39. The Morgan fingerprint density at radius 2 is 1.92 bits per heavy atom. The zero-order valence-corrected chi connectivity index (χ0v) is 21.9. The average molecular weight is 507 g/mol. The Morgan fingerprint density at radius 3 is 2.58 bits per heavy atom. The van der Waals surface area contributed by atoms with E-state index in [1.165, 1.54) is 18.4 Å². The van der Waals surface area contributed by atoms with Crippen LogP contribution in [0, 0.1) is 0 Å². The van der Waals surface area contributed by atoms with E-state index >= 15 is 0 Å². The molecule has 8 heteroatoms. The van der Waals surface area contributed by atoms with Crippen molar-refractivity contribution in [2.75, 3.05) is 13.7 Å². The summed E-state index contributed by atoms with van der Waals surface area (Å²) in [6.45, 7) is 8.26. The minimum Gasteiger partial charge on any atom is -0.490 e. The number of hydrogen-bond acceptors (Lipinski definition) is 7. The molecule has 0 bridgehead atoms. The van der Waals surface area contributed by atoms with Gasteiger partial charge in [-0.2, -0.15) is 0 Å². The summed E-state index contributed by atoms with van der Waals surface area (Å²) in [7, 11) is 1.33. The largest absolute Gasteiger partial charge is 0.490 e. The van der Waals surface area contributed by atoms with Crippen LogP contribution in [0.1, 0.15) is 51.3 Å². The van der Waals surface area contributed by atoms with Gasteiger partial charge in [0.1, 0.15) is 0 Å². The number of hydrogen-bond donors (Lipinski definition) is 0. The van der Waals surface area contributed by atoms with Gasteiger partial charge in [0.2, 0.25) is 0 Å². The average Bonchev–Trinajstić information content (AvgIpc) is 3.18. The third kappa shape index (κ3) is 4.99. The maximum atomic E-state index is 13.7. The number of nitrogens with zero attached hydrogens (tertiary/aromatic N) is 2. The van der Waals surface area contributed by atoms with Crippen molar-refractivity contribution in [3.8, 4) is 11.5 Å². The summed E-state index contributed by atoms with van der Waals surface area (Å²) in [5, 5.41) is 0. The second kappa shape index (κ2) is 11.0. The lowest BCUT2D eigenvalue weighted by Gasteiger charge is -2.24. The zero-order valence-electron chi connectivity index (χ0n) is 21.1. The van der Waals surface area contributed by atoms with Gasteiger partial charge in [-0.25, -0.2) is 9.79 Å². The number of thiazole rings is 1. The fourth-order valence-electron chi connectivity index (χ4n) is 4.07. The summed E-state index contributed by atoms with van der Waals surface area (Å²) >= 11 is 1.29. The first-order valence-corrected chi connectivity index (χ1v) is 12.8. The summed E-state index contributed by atoms with van der Waals surface area (Å²) < 4.78 is 18.9. The molecule has 0 spiro atoms. The number of rotatable bonds is 8. The van der Waals surface area contributed by atoms with E-state index in [2.05, 4.69) is 11.9 Å². The van der Waals surface area contributed by atoms with E-state index in [4.69, 9.17) is 14.2 Å². The van der Waals surface area contributed by atoms with Gasteiger partial charge in [-0.1, -0.05) is 54.7 Å². The van der Waals surface area contributed by atoms with Crippen LogP contribution in [-0.2, 0) is 9.53 Å². The first-order valence-electron chi connectivity index (χ1n) is 12.0. The molecule has 0 aliphatic carbocycles. The minimum atomic E-state index is -0.623. The molecule has 1 aliphatic rings. The summed E-state index contributed by atoms with van der Waals surface area (Å²) in [6.07, 6.45) is 2.76. The SMILES string of the molecule is CCOc1cc(C=c2sc3n(c2=O)C(c2ccccc2)C(C(=O)OC)=C(C)N=3)ccc1OC(C)CC. The normalized spacial score (nSPS) is 16.2. The van der Waals surface area contributed by atoms with Crippen molar-refractivity contribution < 1.29 is 19.0 Å². The molecule has 4 rings (SSSR count). The fourth-order valence-corrected chi connectivity index (χ4v) is 5.12. The molecule has 0 N–H and O–H groups in total. The van der Waals surface area contributed by atoms with Crippen LogP contribution in [0.5, 0.6) is 11.5 Å². The van der Waals surface area contributed by atoms with Crippen LogP contribution in [-0.4, -0.2) is 30.4 Å². The van der Waals surface area contributed by atoms with E-state index in [-0.39, 0.29) is 11.7 Å². The van der Waals surface area contributed by atoms with Crippen molar-refractivity contribution in [2.24, 2.45) is 4.99 Å². The Bertz CT molecular complexity index is 1470. The first kappa shape index (κ1) is 25.4. The number of allylic oxidation sites excluding steroid dienone is 1. The van der Waals surface area contributed by atoms with Crippen LogP contribution in [0.4, 0.5) is 0 Å². The van der Waals surface area contributed by atoms with Gasteiger partial charge in [0, 0.05) is 0 Å². The fraction of sp³-hybridized carbons (Fsp3) is 0.321.